The monoisotopic (exact) mass is 567 g/mol. The van der Waals surface area contributed by atoms with Crippen LogP contribution in [0.5, 0.6) is 5.75 Å². The van der Waals surface area contributed by atoms with Crippen molar-refractivity contribution >= 4 is 42.0 Å². The third-order valence-corrected chi connectivity index (χ3v) is 12.6. The molecule has 0 amide bonds. The van der Waals surface area contributed by atoms with Crippen molar-refractivity contribution in [1.82, 2.24) is 4.90 Å². The summed E-state index contributed by atoms with van der Waals surface area (Å²) in [4.78, 5) is 15.2. The van der Waals surface area contributed by atoms with Crippen LogP contribution in [0.3, 0.4) is 0 Å². The third kappa shape index (κ3) is 9.40. The summed E-state index contributed by atoms with van der Waals surface area (Å²) in [6.07, 6.45) is 0. The normalized spacial score (nSPS) is 11.6. The van der Waals surface area contributed by atoms with E-state index in [9.17, 15) is 4.79 Å². The van der Waals surface area contributed by atoms with Crippen molar-refractivity contribution in [3.8, 4) is 5.75 Å². The van der Waals surface area contributed by atoms with Crippen LogP contribution in [0.25, 0.3) is 0 Å². The second kappa shape index (κ2) is 14.3. The number of carbonyl (C=O) groups excluding carboxylic acids is 1. The molecule has 0 aliphatic rings. The number of halogens is 1. The van der Waals surface area contributed by atoms with Gasteiger partial charge in [0.15, 0.2) is 0 Å². The zero-order chi connectivity index (χ0) is 25.9. The fourth-order valence-corrected chi connectivity index (χ4v) is 5.45. The highest BCUT2D eigenvalue weighted by atomic mass is 79.9. The molecule has 0 spiro atoms. The Morgan fingerprint density at radius 1 is 1.03 bits per heavy atom. The fraction of sp³-hybridized carbons (Fsp3) is 0.519. The molecule has 0 saturated heterocycles. The van der Waals surface area contributed by atoms with Crippen LogP contribution in [-0.2, 0) is 10.5 Å². The summed E-state index contributed by atoms with van der Waals surface area (Å²) < 4.78 is 12.3. The minimum absolute atomic E-state index is 0.144. The Hall–Kier alpha value is -1.28. The second-order valence-electron chi connectivity index (χ2n) is 9.52. The first kappa shape index (κ1) is 30.7. The van der Waals surface area contributed by atoms with E-state index in [1.54, 1.807) is 17.8 Å². The Morgan fingerprint density at radius 2 is 1.62 bits per heavy atom. The van der Waals surface area contributed by atoms with E-state index in [0.717, 1.165) is 26.4 Å². The smallest absolute Gasteiger partial charge is 0.337 e. The summed E-state index contributed by atoms with van der Waals surface area (Å²) in [6.45, 7) is 21.4. The molecule has 0 radical (unpaired) electrons. The number of methoxy groups -OCH3 is 1. The Kier molecular flexibility index (Phi) is 12.9. The quantitative estimate of drug-likeness (QED) is 0.173. The Morgan fingerprint density at radius 3 is 2.12 bits per heavy atom. The number of rotatable bonds is 9. The standard InChI is InChI=1S/C21H27BrO3SSi.C6H15N/c1-21(2,3)27(5,6)25-18-10-8-7-9-16(18)14-26-19-13-15(20(23)24-4)11-12-17(19)22;1-4-7(5-2)6-3/h7-13H,14H2,1-6H3;4-6H2,1-3H3. The molecule has 2 aromatic rings. The van der Waals surface area contributed by atoms with Crippen LogP contribution in [-0.4, -0.2) is 45.9 Å². The van der Waals surface area contributed by atoms with Gasteiger partial charge in [-0.25, -0.2) is 4.79 Å². The summed E-state index contributed by atoms with van der Waals surface area (Å²) >= 11 is 5.24. The lowest BCUT2D eigenvalue weighted by molar-refractivity contribution is 0.0600. The van der Waals surface area contributed by atoms with Gasteiger partial charge in [0.05, 0.1) is 12.7 Å². The summed E-state index contributed by atoms with van der Waals surface area (Å²) in [6, 6.07) is 13.7. The van der Waals surface area contributed by atoms with Crippen LogP contribution in [0.1, 0.15) is 57.5 Å². The van der Waals surface area contributed by atoms with Crippen LogP contribution in [0, 0.1) is 0 Å². The largest absolute Gasteiger partial charge is 0.543 e. The van der Waals surface area contributed by atoms with E-state index >= 15 is 0 Å². The summed E-state index contributed by atoms with van der Waals surface area (Å²) in [7, 11) is -0.510. The van der Waals surface area contributed by atoms with E-state index in [0.29, 0.717) is 5.56 Å². The minimum atomic E-state index is -1.90. The van der Waals surface area contributed by atoms with Gasteiger partial charge >= 0.3 is 5.97 Å². The molecule has 0 atom stereocenters. The molecule has 2 aromatic carbocycles. The molecule has 0 bridgehead atoms. The summed E-state index contributed by atoms with van der Waals surface area (Å²) in [5.41, 5.74) is 1.71. The van der Waals surface area contributed by atoms with Gasteiger partial charge in [0.1, 0.15) is 5.75 Å². The molecule has 0 aliphatic heterocycles. The highest BCUT2D eigenvalue weighted by Crippen LogP contribution is 2.39. The van der Waals surface area contributed by atoms with E-state index in [1.165, 1.54) is 26.7 Å². The van der Waals surface area contributed by atoms with Gasteiger partial charge in [0.2, 0.25) is 8.32 Å². The Labute approximate surface area is 221 Å². The first-order valence-electron chi connectivity index (χ1n) is 11.9. The molecule has 0 fully saturated rings. The molecule has 0 N–H and O–H groups in total. The van der Waals surface area contributed by atoms with Crippen molar-refractivity contribution in [3.05, 3.63) is 58.1 Å². The predicted molar refractivity (Wildman–Crippen MR) is 153 cm³/mol. The van der Waals surface area contributed by atoms with Crippen LogP contribution < -0.4 is 4.43 Å². The number of thioether (sulfide) groups is 1. The second-order valence-corrected chi connectivity index (χ2v) is 16.1. The number of hydrogen-bond donors (Lipinski definition) is 0. The van der Waals surface area contributed by atoms with E-state index in [-0.39, 0.29) is 11.0 Å². The summed E-state index contributed by atoms with van der Waals surface area (Å²) in [5.74, 6) is 1.39. The lowest BCUT2D eigenvalue weighted by Gasteiger charge is -2.37. The van der Waals surface area contributed by atoms with Crippen LogP contribution in [0.4, 0.5) is 0 Å². The van der Waals surface area contributed by atoms with Crippen molar-refractivity contribution in [2.45, 2.75) is 70.3 Å². The van der Waals surface area contributed by atoms with Gasteiger partial charge in [-0.1, -0.05) is 59.7 Å². The zero-order valence-corrected chi connectivity index (χ0v) is 25.7. The lowest BCUT2D eigenvalue weighted by Crippen LogP contribution is -2.44. The maximum absolute atomic E-state index is 11.8. The molecule has 0 aliphatic carbocycles. The maximum Gasteiger partial charge on any atom is 0.337 e. The maximum atomic E-state index is 11.8. The first-order valence-corrected chi connectivity index (χ1v) is 16.6. The van der Waals surface area contributed by atoms with Gasteiger partial charge in [-0.3, -0.25) is 0 Å². The van der Waals surface area contributed by atoms with Crippen molar-refractivity contribution in [2.24, 2.45) is 0 Å². The molecule has 7 heteroatoms. The zero-order valence-electron chi connectivity index (χ0n) is 22.3. The van der Waals surface area contributed by atoms with Gasteiger partial charge in [-0.05, 0) is 78.0 Å². The molecule has 0 unspecified atom stereocenters. The van der Waals surface area contributed by atoms with Gasteiger partial charge in [-0.2, -0.15) is 0 Å². The number of esters is 1. The van der Waals surface area contributed by atoms with E-state index < -0.39 is 8.32 Å². The molecule has 0 saturated carbocycles. The molecule has 2 rings (SSSR count). The molecule has 0 aromatic heterocycles. The molecular formula is C27H42BrNO3SSi. The average Bonchev–Trinajstić information content (AvgIpc) is 2.79. The highest BCUT2D eigenvalue weighted by Gasteiger charge is 2.39. The Balaban J connectivity index is 0.000000718. The van der Waals surface area contributed by atoms with Gasteiger partial charge < -0.3 is 14.1 Å². The van der Waals surface area contributed by atoms with Crippen LogP contribution >= 0.6 is 27.7 Å². The van der Waals surface area contributed by atoms with Crippen molar-refractivity contribution < 1.29 is 14.0 Å². The average molecular weight is 569 g/mol. The number of hydrogen-bond acceptors (Lipinski definition) is 5. The van der Waals surface area contributed by atoms with Crippen molar-refractivity contribution in [1.29, 1.82) is 0 Å². The summed E-state index contributed by atoms with van der Waals surface area (Å²) in [5, 5.41) is 0.144. The number of carbonyl (C=O) groups is 1. The van der Waals surface area contributed by atoms with Crippen molar-refractivity contribution in [2.75, 3.05) is 26.7 Å². The number of benzene rings is 2. The number of para-hydroxylation sites is 1. The number of nitrogens with zero attached hydrogens (tertiary/aromatic N) is 1. The van der Waals surface area contributed by atoms with Crippen molar-refractivity contribution in [3.63, 3.8) is 0 Å². The molecule has 4 nitrogen and oxygen atoms in total. The topological polar surface area (TPSA) is 38.8 Å². The lowest BCUT2D eigenvalue weighted by atomic mass is 10.2. The van der Waals surface area contributed by atoms with Crippen LogP contribution in [0.2, 0.25) is 18.1 Å². The van der Waals surface area contributed by atoms with Gasteiger partial charge in [0, 0.05) is 20.7 Å². The minimum Gasteiger partial charge on any atom is -0.543 e. The Bertz CT molecular complexity index is 905. The van der Waals surface area contributed by atoms with Crippen LogP contribution in [0.15, 0.2) is 51.8 Å². The molecular weight excluding hydrogens is 526 g/mol. The van der Waals surface area contributed by atoms with E-state index in [2.05, 4.69) is 87.6 Å². The highest BCUT2D eigenvalue weighted by molar-refractivity contribution is 9.10. The number of ether oxygens (including phenoxy) is 1. The molecule has 190 valence electrons. The molecule has 0 heterocycles. The predicted octanol–water partition coefficient (Wildman–Crippen LogP) is 8.26. The first-order chi connectivity index (χ1) is 15.9. The molecule has 34 heavy (non-hydrogen) atoms. The van der Waals surface area contributed by atoms with E-state index in [4.69, 9.17) is 9.16 Å². The third-order valence-electron chi connectivity index (χ3n) is 6.22. The van der Waals surface area contributed by atoms with E-state index in [1.807, 2.05) is 24.3 Å². The fourth-order valence-electron chi connectivity index (χ4n) is 2.84. The van der Waals surface area contributed by atoms with Gasteiger partial charge in [-0.15, -0.1) is 11.8 Å². The SMILES string of the molecule is CCN(CC)CC.COC(=O)c1ccc(Br)c(SCc2ccccc2O[Si](C)(C)C(C)(C)C)c1. The van der Waals surface area contributed by atoms with Gasteiger partial charge in [0.25, 0.3) is 0 Å².